The number of aryl methyl sites for hydroxylation is 1. The number of esters is 1. The van der Waals surface area contributed by atoms with Crippen LogP contribution in [0.3, 0.4) is 0 Å². The first-order chi connectivity index (χ1) is 12.3. The number of fused-ring (bicyclic) bond motifs is 1. The molecule has 1 heterocycles. The highest BCUT2D eigenvalue weighted by Gasteiger charge is 2.35. The Kier molecular flexibility index (Phi) is 5.04. The third-order valence-corrected chi connectivity index (χ3v) is 5.31. The maximum absolute atomic E-state index is 13.1. The van der Waals surface area contributed by atoms with Crippen molar-refractivity contribution >= 4 is 28.2 Å². The zero-order valence-electron chi connectivity index (χ0n) is 13.9. The molecule has 138 valence electrons. The highest BCUT2D eigenvalue weighted by atomic mass is 32.1. The van der Waals surface area contributed by atoms with Gasteiger partial charge in [-0.15, -0.1) is 11.3 Å². The molecule has 0 atom stereocenters. The largest absolute Gasteiger partial charge is 0.462 e. The number of rotatable bonds is 4. The van der Waals surface area contributed by atoms with Gasteiger partial charge in [-0.1, -0.05) is 12.1 Å². The lowest BCUT2D eigenvalue weighted by Gasteiger charge is -2.13. The van der Waals surface area contributed by atoms with Crippen LogP contribution in [0.25, 0.3) is 0 Å². The van der Waals surface area contributed by atoms with Crippen LogP contribution in [-0.2, 0) is 23.8 Å². The number of hydrogen-bond donors (Lipinski definition) is 1. The molecule has 0 bridgehead atoms. The van der Waals surface area contributed by atoms with Crippen LogP contribution in [0.15, 0.2) is 24.3 Å². The van der Waals surface area contributed by atoms with Gasteiger partial charge in [0, 0.05) is 4.88 Å². The van der Waals surface area contributed by atoms with Gasteiger partial charge in [0.15, 0.2) is 0 Å². The lowest BCUT2D eigenvalue weighted by molar-refractivity contribution is -0.137. The molecule has 0 unspecified atom stereocenters. The van der Waals surface area contributed by atoms with Gasteiger partial charge < -0.3 is 10.1 Å². The fraction of sp³-hybridized carbons (Fsp3) is 0.333. The van der Waals surface area contributed by atoms with Crippen LogP contribution in [0.4, 0.5) is 18.2 Å². The Hall–Kier alpha value is -2.35. The van der Waals surface area contributed by atoms with E-state index in [1.807, 2.05) is 0 Å². The summed E-state index contributed by atoms with van der Waals surface area (Å²) in [6, 6.07) is 4.56. The Morgan fingerprint density at radius 2 is 1.96 bits per heavy atom. The molecule has 26 heavy (non-hydrogen) atoms. The molecule has 8 heteroatoms. The monoisotopic (exact) mass is 383 g/mol. The summed E-state index contributed by atoms with van der Waals surface area (Å²) in [7, 11) is 0. The van der Waals surface area contributed by atoms with E-state index in [-0.39, 0.29) is 17.2 Å². The molecule has 0 saturated heterocycles. The Morgan fingerprint density at radius 1 is 1.23 bits per heavy atom. The number of thiophene rings is 1. The molecule has 1 aromatic carbocycles. The van der Waals surface area contributed by atoms with Crippen molar-refractivity contribution in [2.45, 2.75) is 32.4 Å². The van der Waals surface area contributed by atoms with E-state index < -0.39 is 29.2 Å². The van der Waals surface area contributed by atoms with Crippen molar-refractivity contribution in [2.75, 3.05) is 11.9 Å². The predicted molar refractivity (Wildman–Crippen MR) is 91.7 cm³/mol. The van der Waals surface area contributed by atoms with E-state index in [1.165, 1.54) is 23.5 Å². The molecule has 0 spiro atoms. The van der Waals surface area contributed by atoms with Gasteiger partial charge in [0.2, 0.25) is 0 Å². The number of carbonyl (C=O) groups excluding carboxylic acids is 2. The second-order valence-electron chi connectivity index (χ2n) is 5.78. The normalized spacial score (nSPS) is 13.4. The Morgan fingerprint density at radius 3 is 2.65 bits per heavy atom. The molecule has 1 N–H and O–H groups in total. The third-order valence-electron chi connectivity index (χ3n) is 4.11. The van der Waals surface area contributed by atoms with Crippen molar-refractivity contribution in [3.8, 4) is 0 Å². The van der Waals surface area contributed by atoms with Crippen LogP contribution in [0, 0.1) is 0 Å². The van der Waals surface area contributed by atoms with Gasteiger partial charge in [-0.3, -0.25) is 4.79 Å². The van der Waals surface area contributed by atoms with Crippen LogP contribution < -0.4 is 5.32 Å². The van der Waals surface area contributed by atoms with E-state index in [4.69, 9.17) is 4.74 Å². The smallest absolute Gasteiger partial charge is 0.417 e. The first-order valence-electron chi connectivity index (χ1n) is 8.12. The van der Waals surface area contributed by atoms with E-state index in [0.29, 0.717) is 6.42 Å². The van der Waals surface area contributed by atoms with E-state index in [0.717, 1.165) is 35.4 Å². The number of hydrogen-bond acceptors (Lipinski definition) is 4. The first kappa shape index (κ1) is 18.4. The molecule has 3 rings (SSSR count). The zero-order valence-corrected chi connectivity index (χ0v) is 14.7. The highest BCUT2D eigenvalue weighted by Crippen LogP contribution is 2.40. The maximum Gasteiger partial charge on any atom is 0.417 e. The minimum absolute atomic E-state index is 0.174. The van der Waals surface area contributed by atoms with Crippen LogP contribution in [0.1, 0.15) is 50.1 Å². The van der Waals surface area contributed by atoms with E-state index in [2.05, 4.69) is 5.32 Å². The fourth-order valence-electron chi connectivity index (χ4n) is 3.01. The molecule has 0 radical (unpaired) electrons. The molecule has 1 amide bonds. The second kappa shape index (κ2) is 7.11. The summed E-state index contributed by atoms with van der Waals surface area (Å²) in [6.07, 6.45) is -2.27. The van der Waals surface area contributed by atoms with Crippen LogP contribution in [0.5, 0.6) is 0 Å². The van der Waals surface area contributed by atoms with Crippen molar-refractivity contribution in [1.82, 2.24) is 0 Å². The van der Waals surface area contributed by atoms with Gasteiger partial charge in [0.05, 0.1) is 23.3 Å². The molecule has 1 aliphatic carbocycles. The van der Waals surface area contributed by atoms with Crippen molar-refractivity contribution in [1.29, 1.82) is 0 Å². The first-order valence-corrected chi connectivity index (χ1v) is 8.93. The molecule has 1 aliphatic rings. The minimum atomic E-state index is -4.64. The number of halogens is 3. The summed E-state index contributed by atoms with van der Waals surface area (Å²) in [6.45, 7) is 1.84. The summed E-state index contributed by atoms with van der Waals surface area (Å²) in [5, 5.41) is 2.73. The van der Waals surface area contributed by atoms with Crippen LogP contribution in [0.2, 0.25) is 0 Å². The summed E-state index contributed by atoms with van der Waals surface area (Å²) in [5.74, 6) is -1.46. The number of amides is 1. The van der Waals surface area contributed by atoms with Gasteiger partial charge >= 0.3 is 12.1 Å². The van der Waals surface area contributed by atoms with Gasteiger partial charge in [0.1, 0.15) is 5.00 Å². The average Bonchev–Trinajstić information content (AvgIpc) is 3.14. The SMILES string of the molecule is CCOC(=O)c1c(NC(=O)c2ccccc2C(F)(F)F)sc2c1CCC2. The number of anilines is 1. The molecule has 4 nitrogen and oxygen atoms in total. The number of carbonyl (C=O) groups is 2. The fourth-order valence-corrected chi connectivity index (χ4v) is 4.28. The van der Waals surface area contributed by atoms with Crippen LogP contribution >= 0.6 is 11.3 Å². The van der Waals surface area contributed by atoms with E-state index >= 15 is 0 Å². The van der Waals surface area contributed by atoms with Gasteiger partial charge in [-0.25, -0.2) is 4.79 Å². The molecular formula is C18H16F3NO3S. The summed E-state index contributed by atoms with van der Waals surface area (Å²) in [5.41, 5.74) is -0.405. The molecule has 2 aromatic rings. The zero-order chi connectivity index (χ0) is 18.9. The number of benzene rings is 1. The van der Waals surface area contributed by atoms with E-state index in [9.17, 15) is 22.8 Å². The van der Waals surface area contributed by atoms with Gasteiger partial charge in [-0.2, -0.15) is 13.2 Å². The van der Waals surface area contributed by atoms with Crippen molar-refractivity contribution in [3.05, 3.63) is 51.4 Å². The molecule has 1 aromatic heterocycles. The Labute approximate surface area is 152 Å². The lowest BCUT2D eigenvalue weighted by atomic mass is 10.1. The van der Waals surface area contributed by atoms with Gasteiger partial charge in [0.25, 0.3) is 5.91 Å². The minimum Gasteiger partial charge on any atom is -0.462 e. The second-order valence-corrected chi connectivity index (χ2v) is 6.88. The number of ether oxygens (including phenoxy) is 1. The van der Waals surface area contributed by atoms with Crippen molar-refractivity contribution < 1.29 is 27.5 Å². The molecular weight excluding hydrogens is 367 g/mol. The quantitative estimate of drug-likeness (QED) is 0.780. The summed E-state index contributed by atoms with van der Waals surface area (Å²) in [4.78, 5) is 25.7. The highest BCUT2D eigenvalue weighted by molar-refractivity contribution is 7.17. The van der Waals surface area contributed by atoms with Gasteiger partial charge in [-0.05, 0) is 43.9 Å². The van der Waals surface area contributed by atoms with E-state index in [1.54, 1.807) is 6.92 Å². The predicted octanol–water partition coefficient (Wildman–Crippen LogP) is 4.68. The standard InChI is InChI=1S/C18H16F3NO3S/c1-2-25-17(24)14-11-7-5-9-13(11)26-16(14)22-15(23)10-6-3-4-8-12(10)18(19,20)21/h3-4,6,8H,2,5,7,9H2,1H3,(H,22,23). The lowest BCUT2D eigenvalue weighted by Crippen LogP contribution is -2.19. The van der Waals surface area contributed by atoms with Crippen molar-refractivity contribution in [2.24, 2.45) is 0 Å². The Balaban J connectivity index is 1.96. The average molecular weight is 383 g/mol. The molecule has 0 fully saturated rings. The Bertz CT molecular complexity index is 858. The van der Waals surface area contributed by atoms with Crippen LogP contribution in [-0.4, -0.2) is 18.5 Å². The number of nitrogens with one attached hydrogen (secondary N) is 1. The third kappa shape index (κ3) is 3.46. The topological polar surface area (TPSA) is 55.4 Å². The molecule has 0 aliphatic heterocycles. The van der Waals surface area contributed by atoms with Crippen molar-refractivity contribution in [3.63, 3.8) is 0 Å². The molecule has 0 saturated carbocycles. The summed E-state index contributed by atoms with van der Waals surface area (Å²) < 4.78 is 44.5. The summed E-state index contributed by atoms with van der Waals surface area (Å²) >= 11 is 1.23. The number of alkyl halides is 3. The maximum atomic E-state index is 13.1.